The fourth-order valence-electron chi connectivity index (χ4n) is 1.51. The van der Waals surface area contributed by atoms with Crippen LogP contribution in [0.1, 0.15) is 15.9 Å². The van der Waals surface area contributed by atoms with Gasteiger partial charge in [0.05, 0.1) is 11.3 Å². The standard InChI is InChI=1S/C12H9N3O5/c16-9-7(10(17)15-12(20)14-9)5-13-8-4-2-1-3-6(8)11(18)19/h1-5H,(H,18,19)(H3,14,15,16,17,20). The molecule has 20 heavy (non-hydrogen) atoms. The van der Waals surface area contributed by atoms with Gasteiger partial charge in [0, 0.05) is 6.21 Å². The third-order valence-electron chi connectivity index (χ3n) is 2.43. The van der Waals surface area contributed by atoms with E-state index in [1.54, 1.807) is 6.07 Å². The van der Waals surface area contributed by atoms with Gasteiger partial charge in [-0.05, 0) is 12.1 Å². The average molecular weight is 275 g/mol. The first-order valence-electron chi connectivity index (χ1n) is 5.41. The molecule has 0 aliphatic rings. The van der Waals surface area contributed by atoms with E-state index in [-0.39, 0.29) is 16.8 Å². The molecule has 2 rings (SSSR count). The molecule has 0 saturated carbocycles. The summed E-state index contributed by atoms with van der Waals surface area (Å²) in [5, 5.41) is 18.4. The molecule has 4 N–H and O–H groups in total. The second kappa shape index (κ2) is 5.22. The maximum atomic E-state index is 11.5. The molecule has 8 nitrogen and oxygen atoms in total. The Kier molecular flexibility index (Phi) is 3.47. The summed E-state index contributed by atoms with van der Waals surface area (Å²) in [6, 6.07) is 5.91. The number of benzene rings is 1. The zero-order valence-electron chi connectivity index (χ0n) is 9.95. The molecule has 0 atom stereocenters. The van der Waals surface area contributed by atoms with E-state index in [2.05, 4.69) is 4.99 Å². The quantitative estimate of drug-likeness (QED) is 0.594. The SMILES string of the molecule is O=C(O)c1ccccc1N=Cc1c(O)[nH]c(=O)[nH]c1=O. The number of aromatic carboxylic acids is 1. The van der Waals surface area contributed by atoms with Crippen molar-refractivity contribution in [1.29, 1.82) is 0 Å². The Labute approximate surface area is 111 Å². The lowest BCUT2D eigenvalue weighted by Crippen LogP contribution is -2.24. The van der Waals surface area contributed by atoms with Gasteiger partial charge in [0.2, 0.25) is 5.88 Å². The molecular weight excluding hydrogens is 266 g/mol. The first-order valence-corrected chi connectivity index (χ1v) is 5.41. The number of aliphatic imine (C=N–C) groups is 1. The summed E-state index contributed by atoms with van der Waals surface area (Å²) in [5.41, 5.74) is -1.89. The number of aromatic hydroxyl groups is 1. The molecule has 0 amide bonds. The Bertz CT molecular complexity index is 803. The van der Waals surface area contributed by atoms with Crippen LogP contribution in [0.5, 0.6) is 5.88 Å². The number of aromatic amines is 2. The van der Waals surface area contributed by atoms with E-state index < -0.39 is 23.1 Å². The fourth-order valence-corrected chi connectivity index (χ4v) is 1.51. The van der Waals surface area contributed by atoms with Gasteiger partial charge in [-0.25, -0.2) is 9.59 Å². The van der Waals surface area contributed by atoms with E-state index in [1.807, 2.05) is 9.97 Å². The van der Waals surface area contributed by atoms with Gasteiger partial charge in [-0.3, -0.25) is 19.8 Å². The molecule has 2 aromatic rings. The van der Waals surface area contributed by atoms with Gasteiger partial charge in [-0.2, -0.15) is 0 Å². The van der Waals surface area contributed by atoms with Gasteiger partial charge in [0.25, 0.3) is 5.56 Å². The fraction of sp³-hybridized carbons (Fsp3) is 0. The Balaban J connectivity index is 2.48. The Morgan fingerprint density at radius 3 is 2.55 bits per heavy atom. The van der Waals surface area contributed by atoms with Gasteiger partial charge in [-0.1, -0.05) is 12.1 Å². The van der Waals surface area contributed by atoms with Gasteiger partial charge >= 0.3 is 11.7 Å². The van der Waals surface area contributed by atoms with Gasteiger partial charge in [-0.15, -0.1) is 0 Å². The first kappa shape index (κ1) is 13.3. The summed E-state index contributed by atoms with van der Waals surface area (Å²) in [7, 11) is 0. The molecule has 102 valence electrons. The second-order valence-electron chi connectivity index (χ2n) is 3.75. The number of nitrogens with one attached hydrogen (secondary N) is 2. The van der Waals surface area contributed by atoms with Crippen LogP contribution < -0.4 is 11.2 Å². The number of carbonyl (C=O) groups is 1. The third-order valence-corrected chi connectivity index (χ3v) is 2.43. The van der Waals surface area contributed by atoms with Crippen molar-refractivity contribution in [3.63, 3.8) is 0 Å². The van der Waals surface area contributed by atoms with E-state index in [4.69, 9.17) is 5.11 Å². The van der Waals surface area contributed by atoms with Gasteiger partial charge in [0.1, 0.15) is 5.56 Å². The van der Waals surface area contributed by atoms with Crippen molar-refractivity contribution in [2.24, 2.45) is 4.99 Å². The number of aromatic nitrogens is 2. The van der Waals surface area contributed by atoms with E-state index >= 15 is 0 Å². The van der Waals surface area contributed by atoms with Gasteiger partial charge in [0.15, 0.2) is 0 Å². The number of carboxylic acids is 1. The smallest absolute Gasteiger partial charge is 0.337 e. The molecule has 0 aliphatic heterocycles. The molecular formula is C12H9N3O5. The minimum atomic E-state index is -1.17. The van der Waals surface area contributed by atoms with Crippen LogP contribution in [-0.4, -0.2) is 32.4 Å². The third kappa shape index (κ3) is 2.64. The summed E-state index contributed by atoms with van der Waals surface area (Å²) in [5.74, 6) is -1.81. The summed E-state index contributed by atoms with van der Waals surface area (Å²) >= 11 is 0. The zero-order valence-corrected chi connectivity index (χ0v) is 9.95. The Hall–Kier alpha value is -3.16. The molecule has 8 heteroatoms. The molecule has 0 radical (unpaired) electrons. The van der Waals surface area contributed by atoms with Gasteiger partial charge < -0.3 is 10.2 Å². The van der Waals surface area contributed by atoms with Crippen molar-refractivity contribution in [2.45, 2.75) is 0 Å². The van der Waals surface area contributed by atoms with Crippen LogP contribution in [0, 0.1) is 0 Å². The number of hydrogen-bond acceptors (Lipinski definition) is 5. The Morgan fingerprint density at radius 2 is 1.90 bits per heavy atom. The van der Waals surface area contributed by atoms with Crippen LogP contribution in [0.15, 0.2) is 38.8 Å². The van der Waals surface area contributed by atoms with Crippen molar-refractivity contribution in [2.75, 3.05) is 0 Å². The highest BCUT2D eigenvalue weighted by molar-refractivity contribution is 5.95. The van der Waals surface area contributed by atoms with Crippen LogP contribution >= 0.6 is 0 Å². The van der Waals surface area contributed by atoms with E-state index in [0.29, 0.717) is 0 Å². The largest absolute Gasteiger partial charge is 0.494 e. The number of rotatable bonds is 3. The monoisotopic (exact) mass is 275 g/mol. The lowest BCUT2D eigenvalue weighted by atomic mass is 10.2. The van der Waals surface area contributed by atoms with Crippen molar-refractivity contribution in [3.05, 3.63) is 56.2 Å². The number of H-pyrrole nitrogens is 2. The van der Waals surface area contributed by atoms with Crippen LogP contribution in [0.3, 0.4) is 0 Å². The zero-order chi connectivity index (χ0) is 14.7. The van der Waals surface area contributed by atoms with Crippen LogP contribution in [-0.2, 0) is 0 Å². The predicted molar refractivity (Wildman–Crippen MR) is 70.0 cm³/mol. The normalized spacial score (nSPS) is 10.8. The molecule has 0 saturated heterocycles. The van der Waals surface area contributed by atoms with Crippen LogP contribution in [0.25, 0.3) is 0 Å². The Morgan fingerprint density at radius 1 is 1.20 bits per heavy atom. The summed E-state index contributed by atoms with van der Waals surface area (Å²) in [4.78, 5) is 41.1. The molecule has 1 heterocycles. The first-order chi connectivity index (χ1) is 9.49. The van der Waals surface area contributed by atoms with E-state index in [1.165, 1.54) is 18.2 Å². The van der Waals surface area contributed by atoms with Crippen molar-refractivity contribution in [1.82, 2.24) is 9.97 Å². The second-order valence-corrected chi connectivity index (χ2v) is 3.75. The van der Waals surface area contributed by atoms with Crippen LogP contribution in [0.4, 0.5) is 5.69 Å². The lowest BCUT2D eigenvalue weighted by Gasteiger charge is -2.00. The van der Waals surface area contributed by atoms with E-state index in [9.17, 15) is 19.5 Å². The maximum absolute atomic E-state index is 11.5. The number of para-hydroxylation sites is 1. The summed E-state index contributed by atoms with van der Waals surface area (Å²) < 4.78 is 0. The highest BCUT2D eigenvalue weighted by Gasteiger charge is 2.09. The molecule has 0 bridgehead atoms. The molecule has 0 aliphatic carbocycles. The topological polar surface area (TPSA) is 136 Å². The lowest BCUT2D eigenvalue weighted by molar-refractivity contribution is 0.0698. The average Bonchev–Trinajstić information content (AvgIpc) is 2.37. The van der Waals surface area contributed by atoms with E-state index in [0.717, 1.165) is 6.21 Å². The van der Waals surface area contributed by atoms with Crippen molar-refractivity contribution in [3.8, 4) is 5.88 Å². The summed E-state index contributed by atoms with van der Waals surface area (Å²) in [6.45, 7) is 0. The van der Waals surface area contributed by atoms with Crippen LogP contribution in [0.2, 0.25) is 0 Å². The highest BCUT2D eigenvalue weighted by atomic mass is 16.4. The maximum Gasteiger partial charge on any atom is 0.337 e. The van der Waals surface area contributed by atoms with Crippen molar-refractivity contribution < 1.29 is 15.0 Å². The molecule has 1 aromatic heterocycles. The molecule has 1 aromatic carbocycles. The minimum absolute atomic E-state index is 0.0518. The molecule has 0 unspecified atom stereocenters. The number of nitrogens with zero attached hydrogens (tertiary/aromatic N) is 1. The number of hydrogen-bond donors (Lipinski definition) is 4. The highest BCUT2D eigenvalue weighted by Crippen LogP contribution is 2.18. The van der Waals surface area contributed by atoms with Crippen molar-refractivity contribution >= 4 is 17.9 Å². The predicted octanol–water partition coefficient (Wildman–Crippen LogP) is 0.218. The number of carboxylic acid groups (broad SMARTS) is 1. The summed E-state index contributed by atoms with van der Waals surface area (Å²) in [6.07, 6.45) is 0.978. The molecule has 0 fully saturated rings. The minimum Gasteiger partial charge on any atom is -0.494 e. The molecule has 0 spiro atoms.